The highest BCUT2D eigenvalue weighted by Crippen LogP contribution is 2.18. The summed E-state index contributed by atoms with van der Waals surface area (Å²) in [5, 5.41) is 0. The van der Waals surface area contributed by atoms with Gasteiger partial charge in [-0.05, 0) is 31.4 Å². The van der Waals surface area contributed by atoms with Crippen molar-refractivity contribution in [3.63, 3.8) is 0 Å². The van der Waals surface area contributed by atoms with Crippen molar-refractivity contribution in [3.05, 3.63) is 34.9 Å². The molecule has 0 amide bonds. The summed E-state index contributed by atoms with van der Waals surface area (Å²) in [5.41, 5.74) is 9.62. The van der Waals surface area contributed by atoms with Crippen molar-refractivity contribution in [2.75, 3.05) is 11.5 Å². The molecule has 16 heavy (non-hydrogen) atoms. The van der Waals surface area contributed by atoms with E-state index in [2.05, 4.69) is 32.0 Å². The summed E-state index contributed by atoms with van der Waals surface area (Å²) in [6.07, 6.45) is 0.951. The van der Waals surface area contributed by atoms with Gasteiger partial charge >= 0.3 is 0 Å². The third-order valence-corrected chi connectivity index (χ3v) is 4.23. The number of rotatable bonds is 5. The van der Waals surface area contributed by atoms with E-state index in [9.17, 15) is 4.21 Å². The standard InChI is InChI=1S/C13H21NOS/c1-4-7-16(15)9-13(14)12-8-10(2)5-6-11(12)3/h5-6,8,13H,4,7,9,14H2,1-3H3. The van der Waals surface area contributed by atoms with Gasteiger partial charge in [0, 0.05) is 28.3 Å². The van der Waals surface area contributed by atoms with Gasteiger partial charge in [-0.3, -0.25) is 4.21 Å². The molecule has 0 aliphatic rings. The first kappa shape index (κ1) is 13.4. The van der Waals surface area contributed by atoms with Crippen LogP contribution < -0.4 is 5.73 Å². The fraction of sp³-hybridized carbons (Fsp3) is 0.538. The minimum Gasteiger partial charge on any atom is -0.323 e. The fourth-order valence-corrected chi connectivity index (χ4v) is 2.96. The van der Waals surface area contributed by atoms with Crippen molar-refractivity contribution in [2.24, 2.45) is 5.73 Å². The highest BCUT2D eigenvalue weighted by molar-refractivity contribution is 7.85. The SMILES string of the molecule is CCCS(=O)CC(N)c1cc(C)ccc1C. The van der Waals surface area contributed by atoms with E-state index in [1.807, 2.05) is 6.92 Å². The molecule has 2 nitrogen and oxygen atoms in total. The molecule has 0 saturated carbocycles. The molecule has 3 heteroatoms. The van der Waals surface area contributed by atoms with E-state index < -0.39 is 10.8 Å². The lowest BCUT2D eigenvalue weighted by atomic mass is 10.0. The molecule has 0 bridgehead atoms. The van der Waals surface area contributed by atoms with Gasteiger partial charge in [0.05, 0.1) is 0 Å². The van der Waals surface area contributed by atoms with Crippen molar-refractivity contribution in [3.8, 4) is 0 Å². The van der Waals surface area contributed by atoms with Crippen molar-refractivity contribution in [1.82, 2.24) is 0 Å². The summed E-state index contributed by atoms with van der Waals surface area (Å²) < 4.78 is 11.7. The Bertz CT molecular complexity index is 376. The Morgan fingerprint density at radius 1 is 1.38 bits per heavy atom. The van der Waals surface area contributed by atoms with Crippen LogP contribution in [0.4, 0.5) is 0 Å². The van der Waals surface area contributed by atoms with Crippen molar-refractivity contribution in [1.29, 1.82) is 0 Å². The molecular weight excluding hydrogens is 218 g/mol. The van der Waals surface area contributed by atoms with E-state index in [0.717, 1.165) is 17.7 Å². The monoisotopic (exact) mass is 239 g/mol. The molecule has 90 valence electrons. The zero-order chi connectivity index (χ0) is 12.1. The molecular formula is C13H21NOS. The van der Waals surface area contributed by atoms with Crippen molar-refractivity contribution >= 4 is 10.8 Å². The second kappa shape index (κ2) is 6.16. The average molecular weight is 239 g/mol. The van der Waals surface area contributed by atoms with Crippen LogP contribution in [0.1, 0.15) is 36.1 Å². The molecule has 0 spiro atoms. The minimum atomic E-state index is -0.791. The van der Waals surface area contributed by atoms with Crippen LogP contribution in [0.5, 0.6) is 0 Å². The lowest BCUT2D eigenvalue weighted by molar-refractivity contribution is 0.673. The zero-order valence-corrected chi connectivity index (χ0v) is 11.1. The van der Waals surface area contributed by atoms with Crippen LogP contribution in [-0.4, -0.2) is 15.7 Å². The predicted molar refractivity (Wildman–Crippen MR) is 71.0 cm³/mol. The summed E-state index contributed by atoms with van der Waals surface area (Å²) in [4.78, 5) is 0. The molecule has 0 saturated heterocycles. The maximum absolute atomic E-state index is 11.7. The van der Waals surface area contributed by atoms with Gasteiger partial charge in [-0.1, -0.05) is 30.7 Å². The summed E-state index contributed by atoms with van der Waals surface area (Å²) in [6, 6.07) is 6.15. The molecule has 1 aromatic rings. The van der Waals surface area contributed by atoms with Crippen LogP contribution in [0.3, 0.4) is 0 Å². The molecule has 2 unspecified atom stereocenters. The Hall–Kier alpha value is -0.670. The first-order valence-electron chi connectivity index (χ1n) is 5.72. The lowest BCUT2D eigenvalue weighted by Gasteiger charge is -2.15. The summed E-state index contributed by atoms with van der Waals surface area (Å²) >= 11 is 0. The predicted octanol–water partition coefficient (Wildman–Crippen LogP) is 2.46. The van der Waals surface area contributed by atoms with Crippen molar-refractivity contribution < 1.29 is 4.21 Å². The largest absolute Gasteiger partial charge is 0.323 e. The lowest BCUT2D eigenvalue weighted by Crippen LogP contribution is -2.20. The molecule has 0 fully saturated rings. The Morgan fingerprint density at radius 3 is 2.69 bits per heavy atom. The van der Waals surface area contributed by atoms with Gasteiger partial charge in [0.25, 0.3) is 0 Å². The maximum atomic E-state index is 11.7. The quantitative estimate of drug-likeness (QED) is 0.857. The van der Waals surface area contributed by atoms with Gasteiger partial charge in [-0.25, -0.2) is 0 Å². The summed E-state index contributed by atoms with van der Waals surface area (Å²) in [6.45, 7) is 6.15. The van der Waals surface area contributed by atoms with Gasteiger partial charge in [-0.2, -0.15) is 0 Å². The van der Waals surface area contributed by atoms with E-state index in [0.29, 0.717) is 5.75 Å². The number of nitrogens with two attached hydrogens (primary N) is 1. The second-order valence-electron chi connectivity index (χ2n) is 4.28. The third-order valence-electron chi connectivity index (χ3n) is 2.63. The van der Waals surface area contributed by atoms with Crippen LogP contribution in [0.2, 0.25) is 0 Å². The second-order valence-corrected chi connectivity index (χ2v) is 5.90. The number of hydrogen-bond donors (Lipinski definition) is 1. The topological polar surface area (TPSA) is 43.1 Å². The number of aryl methyl sites for hydroxylation is 2. The summed E-state index contributed by atoms with van der Waals surface area (Å²) in [7, 11) is -0.791. The van der Waals surface area contributed by atoms with Crippen LogP contribution >= 0.6 is 0 Å². The molecule has 0 heterocycles. The first-order chi connectivity index (χ1) is 7.54. The van der Waals surface area contributed by atoms with Crippen LogP contribution in [-0.2, 0) is 10.8 Å². The molecule has 1 aromatic carbocycles. The van der Waals surface area contributed by atoms with Crippen LogP contribution in [0, 0.1) is 13.8 Å². The molecule has 0 aliphatic heterocycles. The maximum Gasteiger partial charge on any atom is 0.0428 e. The Balaban J connectivity index is 2.76. The molecule has 1 rings (SSSR count). The van der Waals surface area contributed by atoms with Gasteiger partial charge in [0.15, 0.2) is 0 Å². The highest BCUT2D eigenvalue weighted by atomic mass is 32.2. The Kier molecular flexibility index (Phi) is 5.16. The normalized spacial score (nSPS) is 14.8. The minimum absolute atomic E-state index is 0.104. The van der Waals surface area contributed by atoms with E-state index >= 15 is 0 Å². The number of hydrogen-bond acceptors (Lipinski definition) is 2. The van der Waals surface area contributed by atoms with E-state index in [1.165, 1.54) is 11.1 Å². The molecule has 0 radical (unpaired) electrons. The molecule has 0 aromatic heterocycles. The van der Waals surface area contributed by atoms with Gasteiger partial charge in [-0.15, -0.1) is 0 Å². The molecule has 0 aliphatic carbocycles. The fourth-order valence-electron chi connectivity index (χ4n) is 1.76. The average Bonchev–Trinajstić information content (AvgIpc) is 2.21. The van der Waals surface area contributed by atoms with Crippen LogP contribution in [0.25, 0.3) is 0 Å². The molecule has 2 atom stereocenters. The van der Waals surface area contributed by atoms with Crippen molar-refractivity contribution in [2.45, 2.75) is 33.2 Å². The van der Waals surface area contributed by atoms with Gasteiger partial charge in [0.2, 0.25) is 0 Å². The zero-order valence-electron chi connectivity index (χ0n) is 10.3. The van der Waals surface area contributed by atoms with Crippen LogP contribution in [0.15, 0.2) is 18.2 Å². The summed E-state index contributed by atoms with van der Waals surface area (Å²) in [5.74, 6) is 1.32. The van der Waals surface area contributed by atoms with E-state index in [-0.39, 0.29) is 6.04 Å². The van der Waals surface area contributed by atoms with E-state index in [4.69, 9.17) is 5.73 Å². The Labute approximate surface area is 101 Å². The highest BCUT2D eigenvalue weighted by Gasteiger charge is 2.12. The van der Waals surface area contributed by atoms with E-state index in [1.54, 1.807) is 0 Å². The smallest absolute Gasteiger partial charge is 0.0428 e. The van der Waals surface area contributed by atoms with Gasteiger partial charge in [0.1, 0.15) is 0 Å². The molecule has 2 N–H and O–H groups in total. The third kappa shape index (κ3) is 3.72. The Morgan fingerprint density at radius 2 is 2.06 bits per heavy atom. The first-order valence-corrected chi connectivity index (χ1v) is 7.21. The van der Waals surface area contributed by atoms with Gasteiger partial charge < -0.3 is 5.73 Å². The number of benzene rings is 1.